The van der Waals surface area contributed by atoms with E-state index in [0.29, 0.717) is 0 Å². The number of aliphatic hydroxyl groups is 1. The first-order valence-electron chi connectivity index (χ1n) is 14.0. The molecule has 0 aromatic rings. The number of unbranched alkanes of at least 4 members (excludes halogenated alkanes) is 3. The number of likely N-dealkylation sites (tertiary alicyclic amines) is 1. The van der Waals surface area contributed by atoms with Gasteiger partial charge in [0.05, 0.1) is 12.7 Å². The third-order valence-corrected chi connectivity index (χ3v) is 5.43. The number of β-amino-alcohol motifs (C(OH)–C–C–N with tert-alkyl or cyclic N) is 1. The lowest BCUT2D eigenvalue weighted by Gasteiger charge is -2.27. The predicted molar refractivity (Wildman–Crippen MR) is 154 cm³/mol. The van der Waals surface area contributed by atoms with Gasteiger partial charge in [0, 0.05) is 18.9 Å². The van der Waals surface area contributed by atoms with E-state index >= 15 is 0 Å². The number of ether oxygens (including phenoxy) is 2. The second-order valence-corrected chi connectivity index (χ2v) is 9.92. The summed E-state index contributed by atoms with van der Waals surface area (Å²) in [5.74, 6) is -2.16. The topological polar surface area (TPSA) is 134 Å². The van der Waals surface area contributed by atoms with Crippen LogP contribution in [0.5, 0.6) is 0 Å². The van der Waals surface area contributed by atoms with Crippen LogP contribution in [0, 0.1) is 5.92 Å². The molecule has 4 atom stereocenters. The number of alkyl carbamates (subject to hydrolysis) is 1. The smallest absolute Gasteiger partial charge is 0.408 e. The summed E-state index contributed by atoms with van der Waals surface area (Å²) in [4.78, 5) is 50.5. The molecule has 10 nitrogen and oxygen atoms in total. The van der Waals surface area contributed by atoms with Crippen molar-refractivity contribution in [2.24, 2.45) is 5.92 Å². The molecule has 0 aliphatic carbocycles. The van der Waals surface area contributed by atoms with Crippen LogP contribution in [0.3, 0.4) is 0 Å². The van der Waals surface area contributed by atoms with Gasteiger partial charge in [-0.2, -0.15) is 0 Å². The maximum atomic E-state index is 12.8. The van der Waals surface area contributed by atoms with Crippen molar-refractivity contribution in [2.75, 3.05) is 19.7 Å². The highest BCUT2D eigenvalue weighted by molar-refractivity contribution is 5.92. The van der Waals surface area contributed by atoms with Crippen molar-refractivity contribution in [3.05, 3.63) is 25.3 Å². The maximum Gasteiger partial charge on any atom is 0.408 e. The van der Waals surface area contributed by atoms with E-state index in [9.17, 15) is 24.3 Å². The molecule has 0 aromatic carbocycles. The molecule has 0 radical (unpaired) electrons. The molecule has 3 amide bonds. The van der Waals surface area contributed by atoms with E-state index in [4.69, 9.17) is 9.47 Å². The third-order valence-electron chi connectivity index (χ3n) is 5.43. The van der Waals surface area contributed by atoms with E-state index < -0.39 is 60.1 Å². The number of hydrogen-bond donors (Lipinski definition) is 3. The minimum absolute atomic E-state index is 0.0159. The Morgan fingerprint density at radius 1 is 1.13 bits per heavy atom. The fourth-order valence-corrected chi connectivity index (χ4v) is 3.46. The lowest BCUT2D eigenvalue weighted by molar-refractivity contribution is -0.149. The van der Waals surface area contributed by atoms with Gasteiger partial charge in [-0.05, 0) is 40.5 Å². The number of nitrogens with zero attached hydrogens (tertiary/aromatic N) is 1. The van der Waals surface area contributed by atoms with Crippen molar-refractivity contribution in [1.82, 2.24) is 15.5 Å². The zero-order valence-corrected chi connectivity index (χ0v) is 25.4. The third kappa shape index (κ3) is 16.6. The van der Waals surface area contributed by atoms with E-state index in [0.717, 1.165) is 0 Å². The number of carbonyl (C=O) groups is 4. The highest BCUT2D eigenvalue weighted by Crippen LogP contribution is 2.19. The zero-order valence-electron chi connectivity index (χ0n) is 25.4. The monoisotopic (exact) mass is 555 g/mol. The number of carbonyl (C=O) groups excluding carboxylic acids is 4. The molecule has 10 heteroatoms. The Bertz CT molecular complexity index is 764. The molecule has 1 aliphatic heterocycles. The Balaban J connectivity index is 0. The van der Waals surface area contributed by atoms with E-state index in [1.165, 1.54) is 36.7 Å². The summed E-state index contributed by atoms with van der Waals surface area (Å²) in [7, 11) is 0. The molecule has 1 rings (SSSR count). The highest BCUT2D eigenvalue weighted by atomic mass is 16.6. The Morgan fingerprint density at radius 2 is 1.74 bits per heavy atom. The first-order chi connectivity index (χ1) is 18.3. The van der Waals surface area contributed by atoms with Crippen LogP contribution in [-0.2, 0) is 23.9 Å². The minimum Gasteiger partial charge on any atom is -0.464 e. The van der Waals surface area contributed by atoms with Crippen LogP contribution in [0.4, 0.5) is 4.79 Å². The Kier molecular flexibility index (Phi) is 20.6. The second kappa shape index (κ2) is 21.0. The predicted octanol–water partition coefficient (Wildman–Crippen LogP) is 4.12. The molecular formula is C29H53N3O7. The quantitative estimate of drug-likeness (QED) is 0.187. The zero-order chi connectivity index (χ0) is 30.6. The van der Waals surface area contributed by atoms with Gasteiger partial charge in [-0.15, -0.1) is 13.2 Å². The number of aliphatic hydroxyl groups excluding tert-OH is 1. The Labute approximate surface area is 235 Å². The summed E-state index contributed by atoms with van der Waals surface area (Å²) >= 11 is 0. The van der Waals surface area contributed by atoms with Gasteiger partial charge in [-0.25, -0.2) is 9.59 Å². The summed E-state index contributed by atoms with van der Waals surface area (Å²) < 4.78 is 10.1. The number of rotatable bonds is 12. The van der Waals surface area contributed by atoms with Gasteiger partial charge >= 0.3 is 12.1 Å². The van der Waals surface area contributed by atoms with Crippen LogP contribution in [0.2, 0.25) is 0 Å². The summed E-state index contributed by atoms with van der Waals surface area (Å²) in [5.41, 5.74) is -0.719. The molecular weight excluding hydrogens is 502 g/mol. The van der Waals surface area contributed by atoms with Gasteiger partial charge in [0.25, 0.3) is 0 Å². The fourth-order valence-electron chi connectivity index (χ4n) is 3.46. The van der Waals surface area contributed by atoms with Gasteiger partial charge in [0.1, 0.15) is 24.2 Å². The van der Waals surface area contributed by atoms with Gasteiger partial charge in [0.2, 0.25) is 11.8 Å². The van der Waals surface area contributed by atoms with Crippen LogP contribution in [0.15, 0.2) is 25.3 Å². The molecule has 0 saturated carbocycles. The molecule has 0 aromatic heterocycles. The first-order valence-corrected chi connectivity index (χ1v) is 14.0. The number of nitrogens with one attached hydrogen (secondary N) is 2. The molecule has 3 N–H and O–H groups in total. The van der Waals surface area contributed by atoms with E-state index in [-0.39, 0.29) is 19.6 Å². The molecule has 39 heavy (non-hydrogen) atoms. The summed E-state index contributed by atoms with van der Waals surface area (Å²) in [6.07, 6.45) is 7.02. The normalized spacial score (nSPS) is 17.6. The van der Waals surface area contributed by atoms with Crippen LogP contribution in [0.1, 0.15) is 87.5 Å². The average molecular weight is 556 g/mol. The summed E-state index contributed by atoms with van der Waals surface area (Å²) in [6, 6.07) is -1.95. The number of hydrogen-bond acceptors (Lipinski definition) is 7. The van der Waals surface area contributed by atoms with Gasteiger partial charge in [0.15, 0.2) is 0 Å². The number of allylic oxidation sites excluding steroid dienone is 1. The summed E-state index contributed by atoms with van der Waals surface area (Å²) in [6.45, 7) is 21.6. The molecule has 226 valence electrons. The lowest BCUT2D eigenvalue weighted by Crippen LogP contribution is -2.54. The lowest BCUT2D eigenvalue weighted by atomic mass is 10.0. The minimum atomic E-state index is -0.984. The number of esters is 1. The van der Waals surface area contributed by atoms with Crippen molar-refractivity contribution in [3.8, 4) is 0 Å². The average Bonchev–Trinajstić information content (AvgIpc) is 3.28. The fraction of sp³-hybridized carbons (Fsp3) is 0.724. The van der Waals surface area contributed by atoms with Crippen molar-refractivity contribution < 1.29 is 33.8 Å². The molecule has 0 bridgehead atoms. The van der Waals surface area contributed by atoms with Crippen molar-refractivity contribution in [1.29, 1.82) is 0 Å². The van der Waals surface area contributed by atoms with Crippen LogP contribution in [-0.4, -0.2) is 77.4 Å². The molecule has 1 fully saturated rings. The van der Waals surface area contributed by atoms with Gasteiger partial charge in [-0.3, -0.25) is 9.59 Å². The molecule has 1 aliphatic rings. The maximum absolute atomic E-state index is 12.8. The largest absolute Gasteiger partial charge is 0.464 e. The van der Waals surface area contributed by atoms with E-state index in [1.807, 2.05) is 19.9 Å². The van der Waals surface area contributed by atoms with Crippen LogP contribution < -0.4 is 10.6 Å². The Morgan fingerprint density at radius 3 is 2.23 bits per heavy atom. The van der Waals surface area contributed by atoms with Gasteiger partial charge < -0.3 is 30.1 Å². The van der Waals surface area contributed by atoms with E-state index in [2.05, 4.69) is 30.7 Å². The second-order valence-electron chi connectivity index (χ2n) is 9.92. The highest BCUT2D eigenvalue weighted by Gasteiger charge is 2.40. The standard InChI is InChI=1S/C20H33N3O7.C7H14.C2H6/c1-7-12(3)16(18(27)29-8-2)22-17(26)14-9-13(24)11-23(14)15(25)10-21-19(28)30-20(4,5)6;1-3-5-7-6-4-2;1-2/h7,12-14,16,24H,1,8-11H2,2-6H3,(H,21,28)(H,22,26);3H,1,4-7H2,2H3;1-2H3/t12-,13?,14-,16?;;/m0../s1. The SMILES string of the molecule is C=CCCCCC.C=C[C@H](C)C(NC(=O)[C@@H]1CC(O)CN1C(=O)CNC(=O)OC(C)(C)C)C(=O)OCC.CC. The van der Waals surface area contributed by atoms with Crippen molar-refractivity contribution in [2.45, 2.75) is 111 Å². The summed E-state index contributed by atoms with van der Waals surface area (Å²) in [5, 5.41) is 14.9. The van der Waals surface area contributed by atoms with Crippen LogP contribution >= 0.6 is 0 Å². The first kappa shape index (κ1) is 38.3. The van der Waals surface area contributed by atoms with Crippen molar-refractivity contribution >= 4 is 23.9 Å². The molecule has 1 saturated heterocycles. The van der Waals surface area contributed by atoms with E-state index in [1.54, 1.807) is 34.6 Å². The van der Waals surface area contributed by atoms with Crippen LogP contribution in [0.25, 0.3) is 0 Å². The molecule has 0 spiro atoms. The Hall–Kier alpha value is -2.88. The number of amides is 3. The molecule has 1 heterocycles. The molecule has 2 unspecified atom stereocenters. The van der Waals surface area contributed by atoms with Gasteiger partial charge in [-0.1, -0.05) is 52.7 Å². The van der Waals surface area contributed by atoms with Crippen molar-refractivity contribution in [3.63, 3.8) is 0 Å².